The van der Waals surface area contributed by atoms with Crippen molar-refractivity contribution in [3.63, 3.8) is 0 Å². The van der Waals surface area contributed by atoms with E-state index in [-0.39, 0.29) is 12.1 Å². The van der Waals surface area contributed by atoms with Crippen LogP contribution in [-0.4, -0.2) is 35.2 Å². The lowest BCUT2D eigenvalue weighted by Gasteiger charge is -2.39. The van der Waals surface area contributed by atoms with Crippen LogP contribution in [0.3, 0.4) is 0 Å². The third-order valence-corrected chi connectivity index (χ3v) is 4.17. The molecule has 1 aliphatic rings. The second kappa shape index (κ2) is 7.46. The summed E-state index contributed by atoms with van der Waals surface area (Å²) in [6, 6.07) is 7.84. The van der Waals surface area contributed by atoms with E-state index in [1.165, 1.54) is 0 Å². The van der Waals surface area contributed by atoms with Crippen LogP contribution in [0.15, 0.2) is 24.3 Å². The van der Waals surface area contributed by atoms with Crippen LogP contribution in [0, 0.1) is 0 Å². The molecule has 0 radical (unpaired) electrons. The van der Waals surface area contributed by atoms with Crippen molar-refractivity contribution in [1.29, 1.82) is 0 Å². The van der Waals surface area contributed by atoms with Gasteiger partial charge < -0.3 is 9.84 Å². The van der Waals surface area contributed by atoms with Crippen molar-refractivity contribution in [1.82, 2.24) is 4.90 Å². The number of carboxylic acid groups (broad SMARTS) is 1. The minimum atomic E-state index is -0.700. The van der Waals surface area contributed by atoms with E-state index in [4.69, 9.17) is 4.74 Å². The van der Waals surface area contributed by atoms with Crippen molar-refractivity contribution < 1.29 is 14.6 Å². The number of likely N-dealkylation sites (tertiary alicyclic amines) is 1. The van der Waals surface area contributed by atoms with Crippen molar-refractivity contribution in [3.8, 4) is 5.75 Å². The van der Waals surface area contributed by atoms with Crippen LogP contribution >= 0.6 is 0 Å². The second-order valence-electron chi connectivity index (χ2n) is 5.52. The molecule has 0 aromatic heterocycles. The molecule has 1 aliphatic heterocycles. The number of rotatable bonds is 6. The fourth-order valence-electron chi connectivity index (χ4n) is 3.23. The number of aliphatic carboxylic acids is 1. The van der Waals surface area contributed by atoms with Gasteiger partial charge >= 0.3 is 5.97 Å². The molecule has 4 nitrogen and oxygen atoms in total. The Morgan fingerprint density at radius 2 is 2.24 bits per heavy atom. The molecule has 0 aliphatic carbocycles. The number of benzene rings is 1. The van der Waals surface area contributed by atoms with Crippen LogP contribution in [0.2, 0.25) is 0 Å². The van der Waals surface area contributed by atoms with Gasteiger partial charge in [-0.15, -0.1) is 0 Å². The molecule has 0 spiro atoms. The molecule has 1 aromatic rings. The van der Waals surface area contributed by atoms with Gasteiger partial charge in [-0.3, -0.25) is 9.69 Å². The van der Waals surface area contributed by atoms with Crippen molar-refractivity contribution in [2.24, 2.45) is 0 Å². The highest BCUT2D eigenvalue weighted by Crippen LogP contribution is 2.32. The molecular weight excluding hydrogens is 266 g/mol. The molecule has 1 saturated heterocycles. The Balaban J connectivity index is 2.24. The van der Waals surface area contributed by atoms with Crippen LogP contribution in [0.5, 0.6) is 5.75 Å². The van der Waals surface area contributed by atoms with Gasteiger partial charge in [-0.2, -0.15) is 0 Å². The Hall–Kier alpha value is -1.55. The van der Waals surface area contributed by atoms with Gasteiger partial charge in [-0.05, 0) is 50.4 Å². The quantitative estimate of drug-likeness (QED) is 0.872. The van der Waals surface area contributed by atoms with Crippen LogP contribution < -0.4 is 4.74 Å². The topological polar surface area (TPSA) is 49.8 Å². The van der Waals surface area contributed by atoms with Crippen molar-refractivity contribution in [3.05, 3.63) is 29.8 Å². The Kier molecular flexibility index (Phi) is 5.62. The van der Waals surface area contributed by atoms with Gasteiger partial charge in [-0.1, -0.05) is 25.5 Å². The SMILES string of the molecule is CCOc1cccc(C(CC)N2CCCCC2C(=O)O)c1. The molecule has 2 unspecified atom stereocenters. The predicted molar refractivity (Wildman–Crippen MR) is 82.6 cm³/mol. The second-order valence-corrected chi connectivity index (χ2v) is 5.52. The fraction of sp³-hybridized carbons (Fsp3) is 0.588. The number of piperidine rings is 1. The van der Waals surface area contributed by atoms with E-state index in [9.17, 15) is 9.90 Å². The van der Waals surface area contributed by atoms with Gasteiger partial charge in [0.05, 0.1) is 6.61 Å². The number of nitrogens with zero attached hydrogens (tertiary/aromatic N) is 1. The molecule has 21 heavy (non-hydrogen) atoms. The molecule has 2 atom stereocenters. The maximum atomic E-state index is 11.5. The summed E-state index contributed by atoms with van der Waals surface area (Å²) in [5.74, 6) is 0.159. The van der Waals surface area contributed by atoms with Crippen molar-refractivity contribution in [2.45, 2.75) is 51.6 Å². The average molecular weight is 291 g/mol. The zero-order valence-electron chi connectivity index (χ0n) is 12.9. The summed E-state index contributed by atoms with van der Waals surface area (Å²) in [5.41, 5.74) is 1.15. The Labute approximate surface area is 126 Å². The van der Waals surface area contributed by atoms with E-state index in [1.54, 1.807) is 0 Å². The third kappa shape index (κ3) is 3.76. The lowest BCUT2D eigenvalue weighted by Crippen LogP contribution is -2.46. The summed E-state index contributed by atoms with van der Waals surface area (Å²) in [6.07, 6.45) is 3.73. The van der Waals surface area contributed by atoms with E-state index < -0.39 is 5.97 Å². The molecule has 2 rings (SSSR count). The van der Waals surface area contributed by atoms with Gasteiger partial charge in [0.15, 0.2) is 0 Å². The van der Waals surface area contributed by atoms with Gasteiger partial charge in [0.2, 0.25) is 0 Å². The third-order valence-electron chi connectivity index (χ3n) is 4.17. The van der Waals surface area contributed by atoms with Crippen LogP contribution in [0.1, 0.15) is 51.1 Å². The lowest BCUT2D eigenvalue weighted by molar-refractivity contribution is -0.146. The summed E-state index contributed by atoms with van der Waals surface area (Å²) >= 11 is 0. The van der Waals surface area contributed by atoms with E-state index in [0.29, 0.717) is 6.61 Å². The van der Waals surface area contributed by atoms with E-state index in [0.717, 1.165) is 43.5 Å². The molecular formula is C17H25NO3. The highest BCUT2D eigenvalue weighted by Gasteiger charge is 2.33. The van der Waals surface area contributed by atoms with Gasteiger partial charge in [-0.25, -0.2) is 0 Å². The fourth-order valence-corrected chi connectivity index (χ4v) is 3.23. The van der Waals surface area contributed by atoms with Crippen LogP contribution in [0.25, 0.3) is 0 Å². The minimum Gasteiger partial charge on any atom is -0.494 e. The first kappa shape index (κ1) is 15.8. The van der Waals surface area contributed by atoms with Gasteiger partial charge in [0.25, 0.3) is 0 Å². The monoisotopic (exact) mass is 291 g/mol. The summed E-state index contributed by atoms with van der Waals surface area (Å²) in [4.78, 5) is 13.7. The molecule has 116 valence electrons. The highest BCUT2D eigenvalue weighted by atomic mass is 16.5. The molecule has 1 heterocycles. The van der Waals surface area contributed by atoms with Gasteiger partial charge in [0.1, 0.15) is 11.8 Å². The average Bonchev–Trinajstić information content (AvgIpc) is 2.49. The molecule has 0 amide bonds. The van der Waals surface area contributed by atoms with E-state index in [1.807, 2.05) is 25.1 Å². The number of hydrogen-bond donors (Lipinski definition) is 1. The van der Waals surface area contributed by atoms with E-state index in [2.05, 4.69) is 17.9 Å². The smallest absolute Gasteiger partial charge is 0.320 e. The lowest BCUT2D eigenvalue weighted by atomic mass is 9.95. The predicted octanol–water partition coefficient (Wildman–Crippen LogP) is 3.48. The molecule has 1 fully saturated rings. The molecule has 1 aromatic carbocycles. The summed E-state index contributed by atoms with van der Waals surface area (Å²) < 4.78 is 5.57. The summed E-state index contributed by atoms with van der Waals surface area (Å²) in [7, 11) is 0. The Morgan fingerprint density at radius 3 is 2.90 bits per heavy atom. The first-order valence-electron chi connectivity index (χ1n) is 7.88. The highest BCUT2D eigenvalue weighted by molar-refractivity contribution is 5.73. The van der Waals surface area contributed by atoms with Crippen LogP contribution in [-0.2, 0) is 4.79 Å². The Morgan fingerprint density at radius 1 is 1.43 bits per heavy atom. The number of ether oxygens (including phenoxy) is 1. The van der Waals surface area contributed by atoms with Crippen molar-refractivity contribution >= 4 is 5.97 Å². The Bertz CT molecular complexity index is 475. The van der Waals surface area contributed by atoms with Crippen LogP contribution in [0.4, 0.5) is 0 Å². The number of carbonyl (C=O) groups is 1. The number of carboxylic acids is 1. The first-order valence-corrected chi connectivity index (χ1v) is 7.88. The maximum Gasteiger partial charge on any atom is 0.320 e. The zero-order chi connectivity index (χ0) is 15.2. The molecule has 0 bridgehead atoms. The summed E-state index contributed by atoms with van der Waals surface area (Å²) in [6.45, 7) is 5.58. The molecule has 4 heteroatoms. The minimum absolute atomic E-state index is 0.145. The first-order chi connectivity index (χ1) is 10.2. The largest absolute Gasteiger partial charge is 0.494 e. The van der Waals surface area contributed by atoms with E-state index >= 15 is 0 Å². The zero-order valence-corrected chi connectivity index (χ0v) is 12.9. The summed E-state index contributed by atoms with van der Waals surface area (Å²) in [5, 5.41) is 9.47. The molecule has 0 saturated carbocycles. The number of hydrogen-bond acceptors (Lipinski definition) is 3. The molecule has 1 N–H and O–H groups in total. The normalized spacial score (nSPS) is 21.0. The maximum absolute atomic E-state index is 11.5. The van der Waals surface area contributed by atoms with Crippen molar-refractivity contribution in [2.75, 3.05) is 13.2 Å². The van der Waals surface area contributed by atoms with Gasteiger partial charge in [0, 0.05) is 6.04 Å². The standard InChI is InChI=1S/C17H25NO3/c1-3-15(13-8-7-9-14(12-13)21-4-2)18-11-6-5-10-16(18)17(19)20/h7-9,12,15-16H,3-6,10-11H2,1-2H3,(H,19,20).